The van der Waals surface area contributed by atoms with E-state index in [0.29, 0.717) is 0 Å². The number of nitrogens with zero attached hydrogens (tertiary/aromatic N) is 1. The Bertz CT molecular complexity index is 863. The van der Waals surface area contributed by atoms with Crippen LogP contribution >= 0.6 is 15.9 Å². The lowest BCUT2D eigenvalue weighted by molar-refractivity contribution is -0.0669. The normalized spacial score (nSPS) is 21.1. The number of rotatable bonds is 7. The van der Waals surface area contributed by atoms with E-state index in [1.807, 2.05) is 0 Å². The third kappa shape index (κ3) is 6.19. The molecule has 1 N–H and O–H groups in total. The molecule has 1 saturated heterocycles. The van der Waals surface area contributed by atoms with E-state index in [1.165, 1.54) is 17.3 Å². The second-order valence-electron chi connectivity index (χ2n) is 5.74. The molecule has 12 heteroatoms. The molecule has 0 spiro atoms. The van der Waals surface area contributed by atoms with Crippen LogP contribution in [0.1, 0.15) is 32.1 Å². The highest BCUT2D eigenvalue weighted by Crippen LogP contribution is 2.30. The second-order valence-corrected chi connectivity index (χ2v) is 6.27. The van der Waals surface area contributed by atoms with Gasteiger partial charge in [-0.3, -0.25) is 14.3 Å². The molecule has 2 rings (SSSR count). The van der Waals surface area contributed by atoms with Gasteiger partial charge in [0, 0.05) is 12.6 Å². The Labute approximate surface area is 173 Å². The van der Waals surface area contributed by atoms with Gasteiger partial charge >= 0.3 is 18.0 Å². The Morgan fingerprint density at radius 3 is 2.59 bits per heavy atom. The zero-order valence-electron chi connectivity index (χ0n) is 15.8. The van der Waals surface area contributed by atoms with Crippen LogP contribution in [0.5, 0.6) is 0 Å². The molecule has 160 valence electrons. The van der Waals surface area contributed by atoms with Crippen LogP contribution in [-0.2, 0) is 23.7 Å². The van der Waals surface area contributed by atoms with Crippen LogP contribution in [-0.4, -0.2) is 53.9 Å². The Balaban J connectivity index is 2.22. The van der Waals surface area contributed by atoms with E-state index in [4.69, 9.17) is 18.9 Å². The van der Waals surface area contributed by atoms with E-state index in [2.05, 4.69) is 25.7 Å². The summed E-state index contributed by atoms with van der Waals surface area (Å²) in [4.78, 5) is 50.9. The van der Waals surface area contributed by atoms with Gasteiger partial charge in [0.1, 0.15) is 25.0 Å². The summed E-state index contributed by atoms with van der Waals surface area (Å²) in [6.07, 6.45) is -1.58. The standard InChI is InChI=1S/C17H21BrN2O9/c1-3-25-16(23)27-9-12-11(29-17(24)26-4-2)7-13(28-12)20-8-10(5-6-18)14(21)19-15(20)22/h5-6,8,11-13H,3-4,7,9H2,1-2H3,(H,19,21,22)/b6-5+/t11-,12+,13+/m0/s1. The highest BCUT2D eigenvalue weighted by atomic mass is 79.9. The first-order valence-corrected chi connectivity index (χ1v) is 9.71. The van der Waals surface area contributed by atoms with Crippen molar-refractivity contribution in [1.29, 1.82) is 0 Å². The van der Waals surface area contributed by atoms with Crippen molar-refractivity contribution < 1.29 is 33.3 Å². The Kier molecular flexibility index (Phi) is 8.46. The largest absolute Gasteiger partial charge is 0.508 e. The summed E-state index contributed by atoms with van der Waals surface area (Å²) in [5.41, 5.74) is -1.06. The van der Waals surface area contributed by atoms with Crippen LogP contribution in [0.15, 0.2) is 20.8 Å². The fourth-order valence-corrected chi connectivity index (χ4v) is 2.92. The lowest BCUT2D eigenvalue weighted by Gasteiger charge is -2.18. The minimum atomic E-state index is -0.917. The van der Waals surface area contributed by atoms with Crippen molar-refractivity contribution in [2.45, 2.75) is 38.7 Å². The maximum Gasteiger partial charge on any atom is 0.508 e. The van der Waals surface area contributed by atoms with Crippen LogP contribution in [0.3, 0.4) is 0 Å². The molecule has 1 aromatic rings. The monoisotopic (exact) mass is 476 g/mol. The number of ether oxygens (including phenoxy) is 5. The first-order chi connectivity index (χ1) is 13.9. The zero-order valence-corrected chi connectivity index (χ0v) is 17.4. The Morgan fingerprint density at radius 1 is 1.24 bits per heavy atom. The molecule has 0 radical (unpaired) electrons. The van der Waals surface area contributed by atoms with E-state index in [0.717, 1.165) is 4.57 Å². The average Bonchev–Trinajstić information content (AvgIpc) is 3.05. The molecule has 1 aromatic heterocycles. The molecule has 0 aromatic carbocycles. The first-order valence-electron chi connectivity index (χ1n) is 8.80. The maximum atomic E-state index is 12.2. The molecule has 1 aliphatic rings. The molecule has 1 aliphatic heterocycles. The van der Waals surface area contributed by atoms with Gasteiger partial charge in [0.05, 0.1) is 18.8 Å². The molecule has 0 unspecified atom stereocenters. The summed E-state index contributed by atoms with van der Waals surface area (Å²) in [5.74, 6) is 0. The molecule has 1 fully saturated rings. The average molecular weight is 477 g/mol. The van der Waals surface area contributed by atoms with Crippen LogP contribution in [0.25, 0.3) is 6.08 Å². The van der Waals surface area contributed by atoms with Crippen molar-refractivity contribution >= 4 is 34.3 Å². The van der Waals surface area contributed by atoms with Gasteiger partial charge in [0.2, 0.25) is 0 Å². The Hall–Kier alpha value is -2.60. The molecule has 11 nitrogen and oxygen atoms in total. The van der Waals surface area contributed by atoms with Gasteiger partial charge < -0.3 is 23.7 Å². The zero-order chi connectivity index (χ0) is 21.4. The van der Waals surface area contributed by atoms with Crippen LogP contribution in [0.4, 0.5) is 9.59 Å². The second kappa shape index (κ2) is 10.8. The minimum absolute atomic E-state index is 0.0685. The topological polar surface area (TPSA) is 135 Å². The van der Waals surface area contributed by atoms with Crippen molar-refractivity contribution in [2.24, 2.45) is 0 Å². The number of aromatic amines is 1. The van der Waals surface area contributed by atoms with Crippen LogP contribution in [0, 0.1) is 0 Å². The summed E-state index contributed by atoms with van der Waals surface area (Å²) >= 11 is 3.07. The van der Waals surface area contributed by atoms with E-state index in [9.17, 15) is 19.2 Å². The quantitative estimate of drug-likeness (QED) is 0.584. The first kappa shape index (κ1) is 22.7. The number of halogens is 1. The summed E-state index contributed by atoms with van der Waals surface area (Å²) in [6, 6.07) is 0. The summed E-state index contributed by atoms with van der Waals surface area (Å²) in [5, 5.41) is 0. The number of H-pyrrole nitrogens is 1. The van der Waals surface area contributed by atoms with Crippen molar-refractivity contribution in [3.8, 4) is 0 Å². The number of carbonyl (C=O) groups is 2. The highest BCUT2D eigenvalue weighted by Gasteiger charge is 2.40. The van der Waals surface area contributed by atoms with Crippen molar-refractivity contribution in [3.63, 3.8) is 0 Å². The van der Waals surface area contributed by atoms with Gasteiger partial charge in [-0.15, -0.1) is 0 Å². The molecule has 29 heavy (non-hydrogen) atoms. The van der Waals surface area contributed by atoms with Crippen molar-refractivity contribution in [1.82, 2.24) is 9.55 Å². The number of hydrogen-bond acceptors (Lipinski definition) is 9. The number of hydrogen-bond donors (Lipinski definition) is 1. The van der Waals surface area contributed by atoms with E-state index in [-0.39, 0.29) is 31.8 Å². The van der Waals surface area contributed by atoms with Crippen molar-refractivity contribution in [2.75, 3.05) is 19.8 Å². The summed E-state index contributed by atoms with van der Waals surface area (Å²) in [6.45, 7) is 3.21. The molecule has 3 atom stereocenters. The van der Waals surface area contributed by atoms with Gasteiger partial charge in [-0.2, -0.15) is 0 Å². The summed E-state index contributed by atoms with van der Waals surface area (Å²) in [7, 11) is 0. The number of aromatic nitrogens is 2. The molecule has 2 heterocycles. The van der Waals surface area contributed by atoms with Gasteiger partial charge in [-0.05, 0) is 24.9 Å². The van der Waals surface area contributed by atoms with Crippen molar-refractivity contribution in [3.05, 3.63) is 37.6 Å². The lowest BCUT2D eigenvalue weighted by atomic mass is 10.2. The van der Waals surface area contributed by atoms with Gasteiger partial charge in [-0.25, -0.2) is 14.4 Å². The Morgan fingerprint density at radius 2 is 1.93 bits per heavy atom. The molecular weight excluding hydrogens is 456 g/mol. The predicted octanol–water partition coefficient (Wildman–Crippen LogP) is 1.90. The molecule has 0 aliphatic carbocycles. The smallest absolute Gasteiger partial charge is 0.435 e. The maximum absolute atomic E-state index is 12.2. The number of nitrogens with one attached hydrogen (secondary N) is 1. The lowest BCUT2D eigenvalue weighted by Crippen LogP contribution is -2.33. The van der Waals surface area contributed by atoms with Crippen LogP contribution < -0.4 is 11.2 Å². The van der Waals surface area contributed by atoms with Gasteiger partial charge in [-0.1, -0.05) is 15.9 Å². The predicted molar refractivity (Wildman–Crippen MR) is 103 cm³/mol. The molecule has 0 saturated carbocycles. The highest BCUT2D eigenvalue weighted by molar-refractivity contribution is 9.11. The minimum Gasteiger partial charge on any atom is -0.435 e. The number of carbonyl (C=O) groups excluding carboxylic acids is 2. The van der Waals surface area contributed by atoms with E-state index in [1.54, 1.807) is 13.8 Å². The SMILES string of the molecule is CCOC(=O)OC[C@H]1O[C@@H](n2cc(/C=C/Br)c(=O)[nH]c2=O)C[C@@H]1OC(=O)OCC. The van der Waals surface area contributed by atoms with Gasteiger partial charge in [0.15, 0.2) is 0 Å². The van der Waals surface area contributed by atoms with Crippen LogP contribution in [0.2, 0.25) is 0 Å². The third-order valence-corrected chi connectivity index (χ3v) is 4.13. The molecular formula is C17H21BrN2O9. The van der Waals surface area contributed by atoms with E-state index < -0.39 is 42.0 Å². The third-order valence-electron chi connectivity index (χ3n) is 3.87. The van der Waals surface area contributed by atoms with E-state index >= 15 is 0 Å². The fourth-order valence-electron chi connectivity index (χ4n) is 2.63. The fraction of sp³-hybridized carbons (Fsp3) is 0.529. The molecule has 0 amide bonds. The van der Waals surface area contributed by atoms with Gasteiger partial charge in [0.25, 0.3) is 5.56 Å². The molecule has 0 bridgehead atoms. The summed E-state index contributed by atoms with van der Waals surface area (Å²) < 4.78 is 26.6.